The molecule has 2 aromatic rings. The van der Waals surface area contributed by atoms with E-state index >= 15 is 0 Å². The number of anilines is 2. The fourth-order valence-electron chi connectivity index (χ4n) is 2.16. The Morgan fingerprint density at radius 3 is 2.45 bits per heavy atom. The zero-order valence-electron chi connectivity index (χ0n) is 12.0. The van der Waals surface area contributed by atoms with Crippen LogP contribution in [0.1, 0.15) is 29.3 Å². The molecule has 104 valence electrons. The standard InChI is InChI=1S/C17H20N2O/c1-3-5-13-8-10-16(11-9-13)19(2)17(20)14-6-4-7-15(18)12-14/h4,6-12H,3,5,18H2,1-2H3. The first-order chi connectivity index (χ1) is 9.61. The highest BCUT2D eigenvalue weighted by molar-refractivity contribution is 6.06. The maximum Gasteiger partial charge on any atom is 0.258 e. The second-order valence-corrected chi connectivity index (χ2v) is 4.91. The Hall–Kier alpha value is -2.29. The van der Waals surface area contributed by atoms with Crippen molar-refractivity contribution < 1.29 is 4.79 Å². The third-order valence-corrected chi connectivity index (χ3v) is 3.30. The van der Waals surface area contributed by atoms with Crippen LogP contribution in [-0.4, -0.2) is 13.0 Å². The SMILES string of the molecule is CCCc1ccc(N(C)C(=O)c2cccc(N)c2)cc1. The molecule has 0 atom stereocenters. The number of aryl methyl sites for hydroxylation is 1. The van der Waals surface area contributed by atoms with Gasteiger partial charge in [-0.25, -0.2) is 0 Å². The maximum atomic E-state index is 12.4. The normalized spacial score (nSPS) is 10.3. The van der Waals surface area contributed by atoms with Gasteiger partial charge in [-0.3, -0.25) is 4.79 Å². The first kappa shape index (κ1) is 14.1. The van der Waals surface area contributed by atoms with Gasteiger partial charge in [-0.15, -0.1) is 0 Å². The van der Waals surface area contributed by atoms with Gasteiger partial charge in [0.15, 0.2) is 0 Å². The van der Waals surface area contributed by atoms with Crippen LogP contribution in [0.5, 0.6) is 0 Å². The molecule has 2 rings (SSSR count). The third-order valence-electron chi connectivity index (χ3n) is 3.30. The molecule has 0 aliphatic carbocycles. The zero-order chi connectivity index (χ0) is 14.5. The van der Waals surface area contributed by atoms with Gasteiger partial charge in [0.1, 0.15) is 0 Å². The topological polar surface area (TPSA) is 46.3 Å². The van der Waals surface area contributed by atoms with E-state index in [0.717, 1.165) is 18.5 Å². The highest BCUT2D eigenvalue weighted by Crippen LogP contribution is 2.18. The van der Waals surface area contributed by atoms with Crippen molar-refractivity contribution in [3.63, 3.8) is 0 Å². The molecule has 20 heavy (non-hydrogen) atoms. The van der Waals surface area contributed by atoms with E-state index in [2.05, 4.69) is 19.1 Å². The van der Waals surface area contributed by atoms with Gasteiger partial charge in [0.25, 0.3) is 5.91 Å². The van der Waals surface area contributed by atoms with E-state index in [9.17, 15) is 4.79 Å². The van der Waals surface area contributed by atoms with Crippen molar-refractivity contribution in [1.82, 2.24) is 0 Å². The molecule has 1 amide bonds. The van der Waals surface area contributed by atoms with Crippen molar-refractivity contribution in [1.29, 1.82) is 0 Å². The number of hydrogen-bond acceptors (Lipinski definition) is 2. The molecule has 0 aromatic heterocycles. The smallest absolute Gasteiger partial charge is 0.258 e. The molecule has 2 aromatic carbocycles. The maximum absolute atomic E-state index is 12.4. The predicted molar refractivity (Wildman–Crippen MR) is 84.0 cm³/mol. The van der Waals surface area contributed by atoms with E-state index in [1.807, 2.05) is 12.1 Å². The number of benzene rings is 2. The monoisotopic (exact) mass is 268 g/mol. The van der Waals surface area contributed by atoms with E-state index in [1.54, 1.807) is 36.2 Å². The number of rotatable bonds is 4. The van der Waals surface area contributed by atoms with E-state index in [0.29, 0.717) is 11.3 Å². The molecule has 0 radical (unpaired) electrons. The van der Waals surface area contributed by atoms with Crippen LogP contribution in [0.3, 0.4) is 0 Å². The largest absolute Gasteiger partial charge is 0.399 e. The van der Waals surface area contributed by atoms with Crippen LogP contribution in [-0.2, 0) is 6.42 Å². The first-order valence-corrected chi connectivity index (χ1v) is 6.84. The van der Waals surface area contributed by atoms with Crippen LogP contribution < -0.4 is 10.6 Å². The predicted octanol–water partition coefficient (Wildman–Crippen LogP) is 3.50. The summed E-state index contributed by atoms with van der Waals surface area (Å²) >= 11 is 0. The highest BCUT2D eigenvalue weighted by atomic mass is 16.2. The lowest BCUT2D eigenvalue weighted by atomic mass is 10.1. The van der Waals surface area contributed by atoms with Gasteiger partial charge in [0, 0.05) is 24.0 Å². The van der Waals surface area contributed by atoms with E-state index in [-0.39, 0.29) is 5.91 Å². The Kier molecular flexibility index (Phi) is 4.41. The fourth-order valence-corrected chi connectivity index (χ4v) is 2.16. The van der Waals surface area contributed by atoms with Gasteiger partial charge in [-0.05, 0) is 42.3 Å². The molecular formula is C17H20N2O. The van der Waals surface area contributed by atoms with Gasteiger partial charge in [-0.2, -0.15) is 0 Å². The average Bonchev–Trinajstić information content (AvgIpc) is 2.47. The molecule has 0 saturated carbocycles. The minimum absolute atomic E-state index is 0.0551. The van der Waals surface area contributed by atoms with E-state index < -0.39 is 0 Å². The molecule has 0 unspecified atom stereocenters. The van der Waals surface area contributed by atoms with Crippen molar-refractivity contribution in [3.05, 3.63) is 59.7 Å². The van der Waals surface area contributed by atoms with Crippen molar-refractivity contribution in [3.8, 4) is 0 Å². The summed E-state index contributed by atoms with van der Waals surface area (Å²) in [6.07, 6.45) is 2.19. The summed E-state index contributed by atoms with van der Waals surface area (Å²) < 4.78 is 0. The van der Waals surface area contributed by atoms with Crippen molar-refractivity contribution >= 4 is 17.3 Å². The molecule has 2 N–H and O–H groups in total. The summed E-state index contributed by atoms with van der Waals surface area (Å²) in [7, 11) is 1.78. The Morgan fingerprint density at radius 1 is 1.15 bits per heavy atom. The Labute approximate surface area is 120 Å². The van der Waals surface area contributed by atoms with Gasteiger partial charge in [0.05, 0.1) is 0 Å². The molecule has 0 fully saturated rings. The Balaban J connectivity index is 2.18. The number of carbonyl (C=O) groups is 1. The highest BCUT2D eigenvalue weighted by Gasteiger charge is 2.13. The number of hydrogen-bond donors (Lipinski definition) is 1. The van der Waals surface area contributed by atoms with Crippen LogP contribution in [0.4, 0.5) is 11.4 Å². The van der Waals surface area contributed by atoms with Crippen LogP contribution in [0.25, 0.3) is 0 Å². The second kappa shape index (κ2) is 6.24. The lowest BCUT2D eigenvalue weighted by Crippen LogP contribution is -2.26. The van der Waals surface area contributed by atoms with Crippen molar-refractivity contribution in [2.24, 2.45) is 0 Å². The second-order valence-electron chi connectivity index (χ2n) is 4.91. The molecular weight excluding hydrogens is 248 g/mol. The molecule has 0 bridgehead atoms. The lowest BCUT2D eigenvalue weighted by molar-refractivity contribution is 0.0993. The first-order valence-electron chi connectivity index (χ1n) is 6.84. The van der Waals surface area contributed by atoms with E-state index in [4.69, 9.17) is 5.73 Å². The number of nitrogens with two attached hydrogens (primary N) is 1. The lowest BCUT2D eigenvalue weighted by Gasteiger charge is -2.18. The van der Waals surface area contributed by atoms with Crippen LogP contribution >= 0.6 is 0 Å². The molecule has 0 heterocycles. The minimum atomic E-state index is -0.0551. The van der Waals surface area contributed by atoms with Gasteiger partial charge < -0.3 is 10.6 Å². The summed E-state index contributed by atoms with van der Waals surface area (Å²) in [5.74, 6) is -0.0551. The number of carbonyl (C=O) groups excluding carboxylic acids is 1. The molecule has 0 spiro atoms. The van der Waals surface area contributed by atoms with Crippen LogP contribution in [0.15, 0.2) is 48.5 Å². The van der Waals surface area contributed by atoms with Gasteiger partial charge in [-0.1, -0.05) is 31.5 Å². The van der Waals surface area contributed by atoms with Crippen molar-refractivity contribution in [2.45, 2.75) is 19.8 Å². The summed E-state index contributed by atoms with van der Waals surface area (Å²) in [6, 6.07) is 15.1. The van der Waals surface area contributed by atoms with Gasteiger partial charge >= 0.3 is 0 Å². The molecule has 0 saturated heterocycles. The Bertz CT molecular complexity index is 590. The molecule has 0 aliphatic rings. The van der Waals surface area contributed by atoms with Crippen LogP contribution in [0.2, 0.25) is 0 Å². The third kappa shape index (κ3) is 3.18. The molecule has 3 heteroatoms. The number of amides is 1. The summed E-state index contributed by atoms with van der Waals surface area (Å²) in [4.78, 5) is 14.0. The molecule has 0 aliphatic heterocycles. The summed E-state index contributed by atoms with van der Waals surface area (Å²) in [5.41, 5.74) is 9.10. The summed E-state index contributed by atoms with van der Waals surface area (Å²) in [5, 5.41) is 0. The minimum Gasteiger partial charge on any atom is -0.399 e. The van der Waals surface area contributed by atoms with Gasteiger partial charge in [0.2, 0.25) is 0 Å². The number of nitrogens with zero attached hydrogens (tertiary/aromatic N) is 1. The quantitative estimate of drug-likeness (QED) is 0.863. The average molecular weight is 268 g/mol. The van der Waals surface area contributed by atoms with Crippen LogP contribution in [0, 0.1) is 0 Å². The Morgan fingerprint density at radius 2 is 1.85 bits per heavy atom. The number of nitrogen functional groups attached to an aromatic ring is 1. The summed E-state index contributed by atoms with van der Waals surface area (Å²) in [6.45, 7) is 2.16. The molecule has 3 nitrogen and oxygen atoms in total. The fraction of sp³-hybridized carbons (Fsp3) is 0.235. The van der Waals surface area contributed by atoms with Crippen molar-refractivity contribution in [2.75, 3.05) is 17.7 Å². The zero-order valence-corrected chi connectivity index (χ0v) is 12.0. The van der Waals surface area contributed by atoms with E-state index in [1.165, 1.54) is 5.56 Å².